The van der Waals surface area contributed by atoms with E-state index in [1.807, 2.05) is 13.8 Å². The number of halogens is 5. The maximum atomic E-state index is 14.1. The Morgan fingerprint density at radius 3 is 2.35 bits per heavy atom. The minimum Gasteiger partial charge on any atom is -0.411 e. The van der Waals surface area contributed by atoms with E-state index in [9.17, 15) is 18.4 Å². The second-order valence-corrected chi connectivity index (χ2v) is 8.84. The van der Waals surface area contributed by atoms with Gasteiger partial charge in [0.15, 0.2) is 0 Å². The van der Waals surface area contributed by atoms with Crippen molar-refractivity contribution in [1.29, 1.82) is 0 Å². The first-order valence-electron chi connectivity index (χ1n) is 9.57. The molecule has 9 heteroatoms. The molecule has 0 saturated carbocycles. The second kappa shape index (κ2) is 8.71. The molecule has 1 aliphatic heterocycles. The fourth-order valence-corrected chi connectivity index (χ4v) is 4.13. The van der Waals surface area contributed by atoms with Crippen LogP contribution in [0.15, 0.2) is 46.7 Å². The molecule has 0 radical (unpaired) electrons. The predicted molar refractivity (Wildman–Crippen MR) is 115 cm³/mol. The van der Waals surface area contributed by atoms with E-state index in [1.165, 1.54) is 18.2 Å². The number of hydrogen-bond acceptors (Lipinski definition) is 4. The molecule has 0 bridgehead atoms. The maximum Gasteiger partial charge on any atom is 0.435 e. The molecular formula is C22H21Cl2F3N2O2. The molecule has 166 valence electrons. The zero-order chi connectivity index (χ0) is 23.0. The van der Waals surface area contributed by atoms with Gasteiger partial charge in [0, 0.05) is 27.6 Å². The largest absolute Gasteiger partial charge is 0.435 e. The molecule has 1 aliphatic rings. The van der Waals surface area contributed by atoms with Crippen LogP contribution >= 0.6 is 23.2 Å². The monoisotopic (exact) mass is 472 g/mol. The van der Waals surface area contributed by atoms with Crippen molar-refractivity contribution in [1.82, 2.24) is 0 Å². The Bertz CT molecular complexity index is 1030. The molecular weight excluding hydrogens is 452 g/mol. The highest BCUT2D eigenvalue weighted by Crippen LogP contribution is 2.49. The third-order valence-corrected chi connectivity index (χ3v) is 5.54. The van der Waals surface area contributed by atoms with Gasteiger partial charge in [-0.15, -0.1) is 0 Å². The quantitative estimate of drug-likeness (QED) is 0.286. The lowest BCUT2D eigenvalue weighted by Gasteiger charge is -2.29. The first-order chi connectivity index (χ1) is 14.5. The van der Waals surface area contributed by atoms with E-state index in [1.54, 1.807) is 25.1 Å². The lowest BCUT2D eigenvalue weighted by atomic mass is 9.86. The maximum absolute atomic E-state index is 14.1. The van der Waals surface area contributed by atoms with E-state index < -0.39 is 18.2 Å². The van der Waals surface area contributed by atoms with E-state index in [0.717, 1.165) is 11.1 Å². The Kier molecular flexibility index (Phi) is 6.58. The van der Waals surface area contributed by atoms with Crippen LogP contribution in [0.4, 0.5) is 13.2 Å². The first-order valence-corrected chi connectivity index (χ1v) is 10.3. The molecule has 1 heterocycles. The number of oxime groups is 2. The van der Waals surface area contributed by atoms with Gasteiger partial charge in [-0.25, -0.2) is 0 Å². The fourth-order valence-electron chi connectivity index (χ4n) is 3.60. The van der Waals surface area contributed by atoms with Crippen LogP contribution in [0.2, 0.25) is 10.0 Å². The van der Waals surface area contributed by atoms with E-state index in [0.29, 0.717) is 17.7 Å². The lowest BCUT2D eigenvalue weighted by Crippen LogP contribution is -2.42. The molecule has 0 aliphatic carbocycles. The molecule has 0 spiro atoms. The van der Waals surface area contributed by atoms with Crippen LogP contribution in [0.5, 0.6) is 0 Å². The molecule has 0 saturated heterocycles. The molecule has 0 aromatic heterocycles. The van der Waals surface area contributed by atoms with Crippen molar-refractivity contribution in [2.24, 2.45) is 16.2 Å². The standard InChI is InChI=1S/C22H21Cl2F3N2O2/c1-12(2)6-19(28-30)18-5-4-14(7-13(18)3)20-11-21(31-29-20,22(25,26)27)15-8-16(23)10-17(24)9-15/h4-5,7-10,12,30H,6,11H2,1-3H3/b28-19+. The smallest absolute Gasteiger partial charge is 0.411 e. The minimum atomic E-state index is -4.75. The van der Waals surface area contributed by atoms with Crippen molar-refractivity contribution in [3.05, 3.63) is 68.7 Å². The number of benzene rings is 2. The molecule has 2 aromatic carbocycles. The van der Waals surface area contributed by atoms with Gasteiger partial charge in [0.25, 0.3) is 5.60 Å². The van der Waals surface area contributed by atoms with Gasteiger partial charge in [-0.05, 0) is 54.7 Å². The minimum absolute atomic E-state index is 0.0735. The summed E-state index contributed by atoms with van der Waals surface area (Å²) in [6.45, 7) is 5.80. The topological polar surface area (TPSA) is 54.2 Å². The average Bonchev–Trinajstić information content (AvgIpc) is 3.12. The molecule has 1 atom stereocenters. The Hall–Kier alpha value is -2.25. The Morgan fingerprint density at radius 2 is 1.84 bits per heavy atom. The first kappa shape index (κ1) is 23.4. The molecule has 2 aromatic rings. The Morgan fingerprint density at radius 1 is 1.19 bits per heavy atom. The molecule has 4 nitrogen and oxygen atoms in total. The highest BCUT2D eigenvalue weighted by atomic mass is 35.5. The zero-order valence-electron chi connectivity index (χ0n) is 17.1. The molecule has 3 rings (SSSR count). The molecule has 1 N–H and O–H groups in total. The number of nitrogens with zero attached hydrogens (tertiary/aromatic N) is 2. The molecule has 0 fully saturated rings. The van der Waals surface area contributed by atoms with Crippen LogP contribution in [-0.2, 0) is 10.4 Å². The van der Waals surface area contributed by atoms with Gasteiger partial charge in [0.2, 0.25) is 0 Å². The number of aryl methyl sites for hydroxylation is 1. The van der Waals surface area contributed by atoms with Crippen molar-refractivity contribution in [2.45, 2.75) is 45.4 Å². The summed E-state index contributed by atoms with van der Waals surface area (Å²) in [4.78, 5) is 5.04. The van der Waals surface area contributed by atoms with Gasteiger partial charge in [-0.2, -0.15) is 13.2 Å². The molecule has 0 amide bonds. The number of alkyl halides is 3. The third-order valence-electron chi connectivity index (χ3n) is 5.11. The van der Waals surface area contributed by atoms with Gasteiger partial charge in [0.1, 0.15) is 0 Å². The van der Waals surface area contributed by atoms with E-state index in [-0.39, 0.29) is 27.2 Å². The van der Waals surface area contributed by atoms with E-state index in [4.69, 9.17) is 28.0 Å². The average molecular weight is 473 g/mol. The molecule has 1 unspecified atom stereocenters. The lowest BCUT2D eigenvalue weighted by molar-refractivity contribution is -0.275. The highest BCUT2D eigenvalue weighted by Gasteiger charge is 2.62. The van der Waals surface area contributed by atoms with Crippen LogP contribution in [0, 0.1) is 12.8 Å². The summed E-state index contributed by atoms with van der Waals surface area (Å²) >= 11 is 11.9. The third kappa shape index (κ3) is 4.67. The van der Waals surface area contributed by atoms with Crippen molar-refractivity contribution in [3.63, 3.8) is 0 Å². The van der Waals surface area contributed by atoms with Crippen LogP contribution in [0.3, 0.4) is 0 Å². The normalized spacial score (nSPS) is 19.5. The summed E-state index contributed by atoms with van der Waals surface area (Å²) in [6.07, 6.45) is -4.72. The summed E-state index contributed by atoms with van der Waals surface area (Å²) in [5.74, 6) is 0.273. The fraction of sp³-hybridized carbons (Fsp3) is 0.364. The van der Waals surface area contributed by atoms with Crippen molar-refractivity contribution in [3.8, 4) is 0 Å². The number of rotatable bonds is 5. The second-order valence-electron chi connectivity index (χ2n) is 7.96. The van der Waals surface area contributed by atoms with Crippen LogP contribution in [-0.4, -0.2) is 22.8 Å². The summed E-state index contributed by atoms with van der Waals surface area (Å²) in [5.41, 5.74) is -0.263. The van der Waals surface area contributed by atoms with Crippen LogP contribution in [0.1, 0.15) is 48.9 Å². The van der Waals surface area contributed by atoms with Gasteiger partial charge in [-0.3, -0.25) is 0 Å². The predicted octanol–water partition coefficient (Wildman–Crippen LogP) is 7.11. The van der Waals surface area contributed by atoms with Gasteiger partial charge >= 0.3 is 6.18 Å². The summed E-state index contributed by atoms with van der Waals surface area (Å²) in [6, 6.07) is 8.79. The van der Waals surface area contributed by atoms with Gasteiger partial charge < -0.3 is 10.0 Å². The highest BCUT2D eigenvalue weighted by molar-refractivity contribution is 6.34. The van der Waals surface area contributed by atoms with Crippen LogP contribution in [0.25, 0.3) is 0 Å². The van der Waals surface area contributed by atoms with E-state index in [2.05, 4.69) is 10.3 Å². The summed E-state index contributed by atoms with van der Waals surface area (Å²) < 4.78 is 42.4. The van der Waals surface area contributed by atoms with Crippen molar-refractivity contribution >= 4 is 34.6 Å². The van der Waals surface area contributed by atoms with Gasteiger partial charge in [0.05, 0.1) is 11.4 Å². The summed E-state index contributed by atoms with van der Waals surface area (Å²) in [5, 5.41) is 16.7. The zero-order valence-corrected chi connectivity index (χ0v) is 18.6. The Labute approximate surface area is 188 Å². The van der Waals surface area contributed by atoms with Crippen LogP contribution < -0.4 is 0 Å². The summed E-state index contributed by atoms with van der Waals surface area (Å²) in [7, 11) is 0. The SMILES string of the molecule is Cc1cc(C2=NOC(c3cc(Cl)cc(Cl)c3)(C(F)(F)F)C2)ccc1/C(CC(C)C)=N/O. The van der Waals surface area contributed by atoms with Crippen molar-refractivity contribution < 1.29 is 23.2 Å². The number of hydrogen-bond donors (Lipinski definition) is 1. The Balaban J connectivity index is 1.96. The molecule has 31 heavy (non-hydrogen) atoms. The van der Waals surface area contributed by atoms with Crippen molar-refractivity contribution in [2.75, 3.05) is 0 Å². The van der Waals surface area contributed by atoms with Gasteiger partial charge in [-0.1, -0.05) is 59.5 Å². The van der Waals surface area contributed by atoms with E-state index >= 15 is 0 Å².